The molecule has 1 amide bonds. The Balaban J connectivity index is 1.94. The third-order valence-corrected chi connectivity index (χ3v) is 3.82. The Morgan fingerprint density at radius 1 is 1.60 bits per heavy atom. The molecule has 3 heteroatoms. The van der Waals surface area contributed by atoms with Gasteiger partial charge in [0, 0.05) is 32.1 Å². The van der Waals surface area contributed by atoms with Crippen LogP contribution in [0.3, 0.4) is 0 Å². The first-order valence-corrected chi connectivity index (χ1v) is 5.85. The Morgan fingerprint density at radius 2 is 2.40 bits per heavy atom. The Kier molecular flexibility index (Phi) is 3.10. The molecular weight excluding hydrogens is 188 g/mol. The first-order chi connectivity index (χ1) is 7.24. The van der Waals surface area contributed by atoms with Crippen LogP contribution in [0.4, 0.5) is 0 Å². The second kappa shape index (κ2) is 4.35. The molecule has 15 heavy (non-hydrogen) atoms. The smallest absolute Gasteiger partial charge is 0.223 e. The van der Waals surface area contributed by atoms with Crippen LogP contribution in [0.25, 0.3) is 0 Å². The van der Waals surface area contributed by atoms with Crippen molar-refractivity contribution in [2.45, 2.75) is 25.8 Å². The molecule has 2 aliphatic heterocycles. The highest BCUT2D eigenvalue weighted by Gasteiger charge is 2.43. The minimum absolute atomic E-state index is 0.303. The van der Waals surface area contributed by atoms with Crippen molar-refractivity contribution in [3.05, 3.63) is 12.7 Å². The van der Waals surface area contributed by atoms with E-state index < -0.39 is 0 Å². The van der Waals surface area contributed by atoms with E-state index in [2.05, 4.69) is 23.7 Å². The number of rotatable bonds is 3. The average Bonchev–Trinajstić information content (AvgIpc) is 2.78. The van der Waals surface area contributed by atoms with Crippen LogP contribution in [-0.4, -0.2) is 36.5 Å². The molecule has 0 spiro atoms. The molecule has 0 aromatic heterocycles. The molecule has 0 aliphatic carbocycles. The van der Waals surface area contributed by atoms with E-state index in [-0.39, 0.29) is 0 Å². The predicted molar refractivity (Wildman–Crippen MR) is 60.5 cm³/mol. The van der Waals surface area contributed by atoms with E-state index in [9.17, 15) is 4.79 Å². The van der Waals surface area contributed by atoms with Crippen LogP contribution < -0.4 is 5.32 Å². The van der Waals surface area contributed by atoms with Gasteiger partial charge in [0.05, 0.1) is 0 Å². The second-order valence-corrected chi connectivity index (χ2v) is 4.70. The predicted octanol–water partition coefficient (Wildman–Crippen LogP) is 1.02. The minimum Gasteiger partial charge on any atom is -0.339 e. The zero-order valence-electron chi connectivity index (χ0n) is 9.41. The van der Waals surface area contributed by atoms with Crippen molar-refractivity contribution < 1.29 is 4.79 Å². The van der Waals surface area contributed by atoms with E-state index in [0.29, 0.717) is 30.2 Å². The van der Waals surface area contributed by atoms with Crippen LogP contribution in [0.2, 0.25) is 0 Å². The number of amides is 1. The summed E-state index contributed by atoms with van der Waals surface area (Å²) in [7, 11) is 0. The van der Waals surface area contributed by atoms with Gasteiger partial charge in [-0.2, -0.15) is 0 Å². The van der Waals surface area contributed by atoms with Crippen molar-refractivity contribution in [3.63, 3.8) is 0 Å². The van der Waals surface area contributed by atoms with Crippen LogP contribution >= 0.6 is 0 Å². The Morgan fingerprint density at radius 3 is 3.07 bits per heavy atom. The first-order valence-electron chi connectivity index (χ1n) is 5.85. The number of fused-ring (bicyclic) bond motifs is 1. The maximum absolute atomic E-state index is 11.9. The van der Waals surface area contributed by atoms with Gasteiger partial charge < -0.3 is 10.2 Å². The van der Waals surface area contributed by atoms with Gasteiger partial charge >= 0.3 is 0 Å². The maximum atomic E-state index is 11.9. The molecule has 0 saturated carbocycles. The molecule has 2 saturated heterocycles. The van der Waals surface area contributed by atoms with Crippen LogP contribution in [0.15, 0.2) is 12.7 Å². The molecule has 2 heterocycles. The Labute approximate surface area is 91.5 Å². The van der Waals surface area contributed by atoms with E-state index in [0.717, 1.165) is 26.1 Å². The van der Waals surface area contributed by atoms with E-state index in [1.165, 1.54) is 0 Å². The normalized spacial score (nSPS) is 34.2. The van der Waals surface area contributed by atoms with Crippen LogP contribution in [0.5, 0.6) is 0 Å². The standard InChI is InChI=1S/C12H20N2O/c1-3-4-5-12(15)14-8-10-6-13-7-11(10)9(14)2/h3,9-11,13H,1,4-8H2,2H3. The molecule has 0 radical (unpaired) electrons. The van der Waals surface area contributed by atoms with E-state index in [4.69, 9.17) is 0 Å². The van der Waals surface area contributed by atoms with Gasteiger partial charge in [0.1, 0.15) is 0 Å². The second-order valence-electron chi connectivity index (χ2n) is 4.70. The molecule has 0 bridgehead atoms. The highest BCUT2D eigenvalue weighted by Crippen LogP contribution is 2.32. The summed E-state index contributed by atoms with van der Waals surface area (Å²) in [5.41, 5.74) is 0. The lowest BCUT2D eigenvalue weighted by Crippen LogP contribution is -2.37. The largest absolute Gasteiger partial charge is 0.339 e. The SMILES string of the molecule is C=CCCC(=O)N1CC2CNCC2C1C. The zero-order valence-corrected chi connectivity index (χ0v) is 9.41. The van der Waals surface area contributed by atoms with Crippen molar-refractivity contribution in [1.29, 1.82) is 0 Å². The molecule has 3 atom stereocenters. The van der Waals surface area contributed by atoms with Gasteiger partial charge in [-0.15, -0.1) is 6.58 Å². The maximum Gasteiger partial charge on any atom is 0.223 e. The molecule has 3 nitrogen and oxygen atoms in total. The number of hydrogen-bond acceptors (Lipinski definition) is 2. The van der Waals surface area contributed by atoms with Crippen LogP contribution in [-0.2, 0) is 4.79 Å². The summed E-state index contributed by atoms with van der Waals surface area (Å²) in [6.45, 7) is 8.96. The summed E-state index contributed by atoms with van der Waals surface area (Å²) in [4.78, 5) is 14.0. The zero-order chi connectivity index (χ0) is 10.8. The summed E-state index contributed by atoms with van der Waals surface area (Å²) in [5, 5.41) is 3.40. The van der Waals surface area contributed by atoms with Gasteiger partial charge in [0.25, 0.3) is 0 Å². The summed E-state index contributed by atoms with van der Waals surface area (Å²) in [6.07, 6.45) is 3.25. The molecule has 0 aromatic rings. The summed E-state index contributed by atoms with van der Waals surface area (Å²) in [5.74, 6) is 1.67. The fourth-order valence-electron chi connectivity index (χ4n) is 2.87. The molecule has 2 fully saturated rings. The van der Waals surface area contributed by atoms with Crippen molar-refractivity contribution >= 4 is 5.91 Å². The van der Waals surface area contributed by atoms with Crippen LogP contribution in [0.1, 0.15) is 19.8 Å². The first kappa shape index (κ1) is 10.7. The van der Waals surface area contributed by atoms with Crippen LogP contribution in [0, 0.1) is 11.8 Å². The molecular formula is C12H20N2O. The lowest BCUT2D eigenvalue weighted by molar-refractivity contribution is -0.132. The number of hydrogen-bond donors (Lipinski definition) is 1. The number of likely N-dealkylation sites (tertiary alicyclic amines) is 1. The monoisotopic (exact) mass is 208 g/mol. The van der Waals surface area contributed by atoms with Crippen molar-refractivity contribution in [2.75, 3.05) is 19.6 Å². The van der Waals surface area contributed by atoms with Crippen molar-refractivity contribution in [3.8, 4) is 0 Å². The molecule has 3 unspecified atom stereocenters. The lowest BCUT2D eigenvalue weighted by Gasteiger charge is -2.24. The van der Waals surface area contributed by atoms with E-state index in [1.54, 1.807) is 0 Å². The Bertz CT molecular complexity index is 264. The molecule has 2 rings (SSSR count). The summed E-state index contributed by atoms with van der Waals surface area (Å²) >= 11 is 0. The fraction of sp³-hybridized carbons (Fsp3) is 0.750. The molecule has 84 valence electrons. The van der Waals surface area contributed by atoms with Gasteiger partial charge in [0.2, 0.25) is 5.91 Å². The Hall–Kier alpha value is -0.830. The average molecular weight is 208 g/mol. The van der Waals surface area contributed by atoms with Crippen molar-refractivity contribution in [2.24, 2.45) is 11.8 Å². The summed E-state index contributed by atoms with van der Waals surface area (Å²) in [6, 6.07) is 0.419. The molecule has 1 N–H and O–H groups in total. The fourth-order valence-corrected chi connectivity index (χ4v) is 2.87. The highest BCUT2D eigenvalue weighted by molar-refractivity contribution is 5.77. The molecule has 0 aromatic carbocycles. The third-order valence-electron chi connectivity index (χ3n) is 3.82. The highest BCUT2D eigenvalue weighted by atomic mass is 16.2. The van der Waals surface area contributed by atoms with Gasteiger partial charge in [0.15, 0.2) is 0 Å². The van der Waals surface area contributed by atoms with E-state index in [1.807, 2.05) is 6.08 Å². The summed E-state index contributed by atoms with van der Waals surface area (Å²) < 4.78 is 0. The number of carbonyl (C=O) groups excluding carboxylic acids is 1. The lowest BCUT2D eigenvalue weighted by atomic mass is 9.95. The van der Waals surface area contributed by atoms with Gasteiger partial charge in [-0.3, -0.25) is 4.79 Å². The molecule has 2 aliphatic rings. The quantitative estimate of drug-likeness (QED) is 0.702. The third kappa shape index (κ3) is 1.93. The van der Waals surface area contributed by atoms with E-state index >= 15 is 0 Å². The number of carbonyl (C=O) groups is 1. The van der Waals surface area contributed by atoms with Gasteiger partial charge in [-0.25, -0.2) is 0 Å². The van der Waals surface area contributed by atoms with Crippen molar-refractivity contribution in [1.82, 2.24) is 10.2 Å². The van der Waals surface area contributed by atoms with Gasteiger partial charge in [-0.1, -0.05) is 6.08 Å². The minimum atomic E-state index is 0.303. The number of nitrogens with one attached hydrogen (secondary N) is 1. The topological polar surface area (TPSA) is 32.3 Å². The van der Waals surface area contributed by atoms with Gasteiger partial charge in [-0.05, 0) is 25.2 Å². The number of allylic oxidation sites excluding steroid dienone is 1. The number of nitrogens with zero attached hydrogens (tertiary/aromatic N) is 1.